The fourth-order valence-corrected chi connectivity index (χ4v) is 6.18. The first kappa shape index (κ1) is 14.8. The molecule has 1 aliphatic carbocycles. The van der Waals surface area contributed by atoms with Crippen molar-refractivity contribution in [1.82, 2.24) is 9.62 Å². The molecule has 3 atom stereocenters. The lowest BCUT2D eigenvalue weighted by molar-refractivity contribution is 0.136. The first-order chi connectivity index (χ1) is 9.65. The van der Waals surface area contributed by atoms with E-state index >= 15 is 0 Å². The van der Waals surface area contributed by atoms with Crippen LogP contribution >= 0.6 is 0 Å². The van der Waals surface area contributed by atoms with Crippen LogP contribution in [0, 0.1) is 17.8 Å². The summed E-state index contributed by atoms with van der Waals surface area (Å²) in [6.45, 7) is 3.49. The number of nitrogens with zero attached hydrogens (tertiary/aromatic N) is 1. The van der Waals surface area contributed by atoms with Gasteiger partial charge in [0, 0.05) is 13.1 Å². The minimum Gasteiger partial charge on any atom is -0.316 e. The summed E-state index contributed by atoms with van der Waals surface area (Å²) in [5.74, 6) is 2.11. The fourth-order valence-electron chi connectivity index (χ4n) is 4.29. The van der Waals surface area contributed by atoms with E-state index in [0.717, 1.165) is 51.4 Å². The van der Waals surface area contributed by atoms with Crippen LogP contribution in [0.1, 0.15) is 44.9 Å². The van der Waals surface area contributed by atoms with Gasteiger partial charge in [0.1, 0.15) is 0 Å². The van der Waals surface area contributed by atoms with E-state index in [1.165, 1.54) is 25.7 Å². The maximum atomic E-state index is 12.6. The van der Waals surface area contributed by atoms with Crippen LogP contribution in [0.25, 0.3) is 0 Å². The molecule has 0 aromatic heterocycles. The lowest BCUT2D eigenvalue weighted by Gasteiger charge is -2.41. The Bertz CT molecular complexity index is 418. The first-order valence-electron chi connectivity index (χ1n) is 8.34. The van der Waals surface area contributed by atoms with Crippen LogP contribution in [0.2, 0.25) is 0 Å². The van der Waals surface area contributed by atoms with Crippen LogP contribution in [0.3, 0.4) is 0 Å². The lowest BCUT2D eigenvalue weighted by Crippen LogP contribution is -2.47. The van der Waals surface area contributed by atoms with Crippen molar-refractivity contribution in [2.24, 2.45) is 17.8 Å². The molecule has 4 nitrogen and oxygen atoms in total. The SMILES string of the molecule is O=S(=O)(CC1CCCNC1)N1CCC2CCCCC2C1. The predicted molar refractivity (Wildman–Crippen MR) is 81.0 cm³/mol. The smallest absolute Gasteiger partial charge is 0.214 e. The number of sulfonamides is 1. The maximum absolute atomic E-state index is 12.6. The van der Waals surface area contributed by atoms with Crippen molar-refractivity contribution in [3.8, 4) is 0 Å². The van der Waals surface area contributed by atoms with Gasteiger partial charge in [-0.3, -0.25) is 0 Å². The van der Waals surface area contributed by atoms with E-state index < -0.39 is 10.0 Å². The molecule has 116 valence electrons. The molecular weight excluding hydrogens is 272 g/mol. The molecule has 0 radical (unpaired) electrons. The van der Waals surface area contributed by atoms with Crippen molar-refractivity contribution >= 4 is 10.0 Å². The highest BCUT2D eigenvalue weighted by atomic mass is 32.2. The quantitative estimate of drug-likeness (QED) is 0.865. The third kappa shape index (κ3) is 3.37. The van der Waals surface area contributed by atoms with Crippen molar-refractivity contribution in [2.45, 2.75) is 44.9 Å². The Morgan fingerprint density at radius 3 is 2.55 bits per heavy atom. The molecule has 3 unspecified atom stereocenters. The predicted octanol–water partition coefficient (Wildman–Crippen LogP) is 1.83. The second-order valence-corrected chi connectivity index (χ2v) is 8.96. The number of nitrogens with one attached hydrogen (secondary N) is 1. The van der Waals surface area contributed by atoms with Crippen LogP contribution in [0.5, 0.6) is 0 Å². The molecule has 0 aromatic rings. The van der Waals surface area contributed by atoms with E-state index in [2.05, 4.69) is 5.32 Å². The number of rotatable bonds is 3. The van der Waals surface area contributed by atoms with E-state index in [1.807, 2.05) is 4.31 Å². The molecule has 2 heterocycles. The highest BCUT2D eigenvalue weighted by molar-refractivity contribution is 7.89. The molecule has 1 N–H and O–H groups in total. The summed E-state index contributed by atoms with van der Waals surface area (Å²) >= 11 is 0. The van der Waals surface area contributed by atoms with Crippen LogP contribution in [0.4, 0.5) is 0 Å². The molecule has 5 heteroatoms. The van der Waals surface area contributed by atoms with Gasteiger partial charge in [0.25, 0.3) is 0 Å². The van der Waals surface area contributed by atoms with Gasteiger partial charge in [-0.05, 0) is 56.5 Å². The zero-order valence-electron chi connectivity index (χ0n) is 12.4. The number of fused-ring (bicyclic) bond motifs is 1. The van der Waals surface area contributed by atoms with E-state index in [9.17, 15) is 8.42 Å². The second-order valence-electron chi connectivity index (χ2n) is 6.94. The monoisotopic (exact) mass is 300 g/mol. The molecular formula is C15H28N2O2S. The molecule has 3 aliphatic rings. The van der Waals surface area contributed by atoms with Gasteiger partial charge in [-0.25, -0.2) is 12.7 Å². The molecule has 0 spiro atoms. The number of hydrogen-bond acceptors (Lipinski definition) is 3. The molecule has 3 rings (SSSR count). The Labute approximate surface area is 123 Å². The van der Waals surface area contributed by atoms with Gasteiger partial charge < -0.3 is 5.32 Å². The Hall–Kier alpha value is -0.130. The summed E-state index contributed by atoms with van der Waals surface area (Å²) in [6, 6.07) is 0. The summed E-state index contributed by atoms with van der Waals surface area (Å²) in [7, 11) is -3.04. The van der Waals surface area contributed by atoms with Crippen LogP contribution in [0.15, 0.2) is 0 Å². The third-order valence-electron chi connectivity index (χ3n) is 5.49. The van der Waals surface area contributed by atoms with Gasteiger partial charge in [0.05, 0.1) is 5.75 Å². The Morgan fingerprint density at radius 2 is 1.80 bits per heavy atom. The molecule has 0 amide bonds. The van der Waals surface area contributed by atoms with E-state index in [0.29, 0.717) is 17.6 Å². The fraction of sp³-hybridized carbons (Fsp3) is 1.00. The normalized spacial score (nSPS) is 36.5. The van der Waals surface area contributed by atoms with Gasteiger partial charge in [-0.2, -0.15) is 0 Å². The second kappa shape index (κ2) is 6.32. The highest BCUT2D eigenvalue weighted by Crippen LogP contribution is 2.37. The summed E-state index contributed by atoms with van der Waals surface area (Å²) in [6.07, 6.45) is 8.47. The van der Waals surface area contributed by atoms with Crippen molar-refractivity contribution in [2.75, 3.05) is 31.9 Å². The number of piperidine rings is 2. The van der Waals surface area contributed by atoms with Crippen molar-refractivity contribution in [3.63, 3.8) is 0 Å². The van der Waals surface area contributed by atoms with Crippen LogP contribution < -0.4 is 5.32 Å². The largest absolute Gasteiger partial charge is 0.316 e. The summed E-state index contributed by atoms with van der Waals surface area (Å²) in [4.78, 5) is 0. The average Bonchev–Trinajstić information content (AvgIpc) is 2.47. The molecule has 1 saturated carbocycles. The molecule has 2 aliphatic heterocycles. The van der Waals surface area contributed by atoms with E-state index in [1.54, 1.807) is 0 Å². The highest BCUT2D eigenvalue weighted by Gasteiger charge is 2.36. The summed E-state index contributed by atoms with van der Waals surface area (Å²) in [5, 5.41) is 3.32. The zero-order valence-corrected chi connectivity index (χ0v) is 13.2. The van der Waals surface area contributed by atoms with Gasteiger partial charge in [-0.15, -0.1) is 0 Å². The molecule has 0 aromatic carbocycles. The topological polar surface area (TPSA) is 49.4 Å². The van der Waals surface area contributed by atoms with Crippen molar-refractivity contribution in [3.05, 3.63) is 0 Å². The maximum Gasteiger partial charge on any atom is 0.214 e. The molecule has 0 bridgehead atoms. The lowest BCUT2D eigenvalue weighted by atomic mass is 9.76. The van der Waals surface area contributed by atoms with Crippen LogP contribution in [-0.2, 0) is 10.0 Å². The Balaban J connectivity index is 1.59. The van der Waals surface area contributed by atoms with Gasteiger partial charge in [-0.1, -0.05) is 19.3 Å². The zero-order chi connectivity index (χ0) is 14.0. The first-order valence-corrected chi connectivity index (χ1v) is 9.94. The molecule has 2 saturated heterocycles. The molecule has 3 fully saturated rings. The van der Waals surface area contributed by atoms with E-state index in [-0.39, 0.29) is 0 Å². The average molecular weight is 300 g/mol. The standard InChI is InChI=1S/C15H28N2O2S/c18-20(19,12-13-4-3-8-16-10-13)17-9-7-14-5-1-2-6-15(14)11-17/h13-16H,1-12H2. The number of hydrogen-bond donors (Lipinski definition) is 1. The van der Waals surface area contributed by atoms with E-state index in [4.69, 9.17) is 0 Å². The van der Waals surface area contributed by atoms with Crippen LogP contribution in [-0.4, -0.2) is 44.7 Å². The third-order valence-corrected chi connectivity index (χ3v) is 7.50. The summed E-state index contributed by atoms with van der Waals surface area (Å²) < 4.78 is 27.1. The minimum atomic E-state index is -3.04. The van der Waals surface area contributed by atoms with Gasteiger partial charge in [0.15, 0.2) is 0 Å². The molecule has 20 heavy (non-hydrogen) atoms. The van der Waals surface area contributed by atoms with Crippen molar-refractivity contribution in [1.29, 1.82) is 0 Å². The minimum absolute atomic E-state index is 0.317. The Kier molecular flexibility index (Phi) is 4.68. The van der Waals surface area contributed by atoms with Crippen molar-refractivity contribution < 1.29 is 8.42 Å². The summed E-state index contributed by atoms with van der Waals surface area (Å²) in [5.41, 5.74) is 0. The van der Waals surface area contributed by atoms with Gasteiger partial charge in [0.2, 0.25) is 10.0 Å². The van der Waals surface area contributed by atoms with Gasteiger partial charge >= 0.3 is 0 Å². The Morgan fingerprint density at radius 1 is 1.00 bits per heavy atom.